The highest BCUT2D eigenvalue weighted by atomic mass is 16.5. The molecule has 0 radical (unpaired) electrons. The summed E-state index contributed by atoms with van der Waals surface area (Å²) in [7, 11) is 1.31. The number of rotatable bonds is 6. The van der Waals surface area contributed by atoms with Gasteiger partial charge in [-0.15, -0.1) is 5.10 Å². The summed E-state index contributed by atoms with van der Waals surface area (Å²) in [6.07, 6.45) is 4.81. The molecule has 2 aromatic rings. The monoisotopic (exact) mass is 293 g/mol. The first-order chi connectivity index (χ1) is 10.1. The van der Waals surface area contributed by atoms with Gasteiger partial charge in [-0.05, 0) is 6.92 Å². The summed E-state index contributed by atoms with van der Waals surface area (Å²) in [5.74, 6) is -0.772. The van der Waals surface area contributed by atoms with Crippen LogP contribution >= 0.6 is 0 Å². The topological polar surface area (TPSA) is 101 Å². The normalized spacial score (nSPS) is 10.4. The molecule has 0 aliphatic rings. The van der Waals surface area contributed by atoms with Gasteiger partial charge in [0.05, 0.1) is 26.1 Å². The van der Waals surface area contributed by atoms with Crippen LogP contribution in [0.2, 0.25) is 0 Å². The minimum atomic E-state index is -0.393. The van der Waals surface area contributed by atoms with Crippen molar-refractivity contribution in [1.82, 2.24) is 24.8 Å². The van der Waals surface area contributed by atoms with E-state index in [2.05, 4.69) is 20.1 Å². The van der Waals surface area contributed by atoms with Crippen LogP contribution in [-0.4, -0.2) is 50.4 Å². The van der Waals surface area contributed by atoms with Crippen molar-refractivity contribution in [3.63, 3.8) is 0 Å². The molecular formula is C12H15N5O4. The summed E-state index contributed by atoms with van der Waals surface area (Å²) < 4.78 is 12.2. The maximum absolute atomic E-state index is 11.3. The number of carbonyl (C=O) groups excluding carboxylic acids is 2. The number of methoxy groups -OCH3 is 1. The van der Waals surface area contributed by atoms with Gasteiger partial charge >= 0.3 is 11.9 Å². The minimum Gasteiger partial charge on any atom is -0.468 e. The number of hydrogen-bond acceptors (Lipinski definition) is 7. The van der Waals surface area contributed by atoms with E-state index in [0.717, 1.165) is 0 Å². The predicted molar refractivity (Wildman–Crippen MR) is 69.9 cm³/mol. The van der Waals surface area contributed by atoms with Gasteiger partial charge in [0.25, 0.3) is 0 Å². The van der Waals surface area contributed by atoms with Crippen molar-refractivity contribution < 1.29 is 19.1 Å². The average Bonchev–Trinajstić information content (AvgIpc) is 3.08. The maximum atomic E-state index is 11.3. The van der Waals surface area contributed by atoms with Crippen molar-refractivity contribution in [2.24, 2.45) is 0 Å². The maximum Gasteiger partial charge on any atom is 0.327 e. The third-order valence-electron chi connectivity index (χ3n) is 2.58. The quantitative estimate of drug-likeness (QED) is 0.684. The molecule has 112 valence electrons. The lowest BCUT2D eigenvalue weighted by Crippen LogP contribution is -2.13. The molecule has 0 aromatic carbocycles. The Kier molecular flexibility index (Phi) is 4.64. The fourth-order valence-corrected chi connectivity index (χ4v) is 1.63. The highest BCUT2D eigenvalue weighted by Crippen LogP contribution is 2.14. The largest absolute Gasteiger partial charge is 0.468 e. The van der Waals surface area contributed by atoms with Crippen LogP contribution in [0.25, 0.3) is 11.3 Å². The Morgan fingerprint density at radius 1 is 1.19 bits per heavy atom. The van der Waals surface area contributed by atoms with Gasteiger partial charge in [0.15, 0.2) is 0 Å². The molecule has 0 unspecified atom stereocenters. The van der Waals surface area contributed by atoms with Crippen molar-refractivity contribution in [3.8, 4) is 11.3 Å². The number of nitrogens with zero attached hydrogens (tertiary/aromatic N) is 5. The number of hydrogen-bond donors (Lipinski definition) is 0. The molecule has 0 aliphatic carbocycles. The van der Waals surface area contributed by atoms with Gasteiger partial charge in [0, 0.05) is 11.8 Å². The minimum absolute atomic E-state index is 0.00284. The fraction of sp³-hybridized carbons (Fsp3) is 0.417. The Balaban J connectivity index is 2.04. The Bertz CT molecular complexity index is 633. The number of aromatic nitrogens is 5. The zero-order valence-electron chi connectivity index (χ0n) is 11.7. The van der Waals surface area contributed by atoms with Gasteiger partial charge in [-0.2, -0.15) is 5.10 Å². The third-order valence-corrected chi connectivity index (χ3v) is 2.58. The Morgan fingerprint density at radius 3 is 2.67 bits per heavy atom. The van der Waals surface area contributed by atoms with Gasteiger partial charge in [-0.25, -0.2) is 4.68 Å². The van der Waals surface area contributed by atoms with Crippen molar-refractivity contribution in [3.05, 3.63) is 18.6 Å². The third kappa shape index (κ3) is 3.88. The van der Waals surface area contributed by atoms with E-state index in [4.69, 9.17) is 4.74 Å². The Labute approximate surface area is 120 Å². The summed E-state index contributed by atoms with van der Waals surface area (Å²) in [4.78, 5) is 22.5. The van der Waals surface area contributed by atoms with Crippen molar-refractivity contribution >= 4 is 11.9 Å². The summed E-state index contributed by atoms with van der Waals surface area (Å²) in [6, 6.07) is 0. The van der Waals surface area contributed by atoms with Crippen LogP contribution in [0, 0.1) is 0 Å². The first-order valence-electron chi connectivity index (χ1n) is 6.27. The molecule has 0 saturated carbocycles. The standard InChI is InChI=1S/C12H15N5O4/c1-3-21-12(19)8-17-6-10(14-15-17)9-4-13-16(5-9)7-11(18)20-2/h4-6H,3,7-8H2,1-2H3. The first kappa shape index (κ1) is 14.7. The van der Waals surface area contributed by atoms with E-state index < -0.39 is 5.97 Å². The van der Waals surface area contributed by atoms with Gasteiger partial charge in [0.2, 0.25) is 0 Å². The average molecular weight is 293 g/mol. The second-order valence-electron chi connectivity index (χ2n) is 4.11. The molecule has 0 amide bonds. The van der Waals surface area contributed by atoms with Crippen LogP contribution < -0.4 is 0 Å². The molecule has 0 aliphatic heterocycles. The second-order valence-corrected chi connectivity index (χ2v) is 4.11. The molecule has 0 fully saturated rings. The van der Waals surface area contributed by atoms with Crippen LogP contribution in [-0.2, 0) is 32.2 Å². The van der Waals surface area contributed by atoms with E-state index in [-0.39, 0.29) is 19.1 Å². The highest BCUT2D eigenvalue weighted by molar-refractivity contribution is 5.69. The first-order valence-corrected chi connectivity index (χ1v) is 6.27. The van der Waals surface area contributed by atoms with Gasteiger partial charge in [-0.3, -0.25) is 14.3 Å². The second kappa shape index (κ2) is 6.64. The molecule has 0 spiro atoms. The van der Waals surface area contributed by atoms with Crippen LogP contribution in [0.4, 0.5) is 0 Å². The zero-order chi connectivity index (χ0) is 15.2. The SMILES string of the molecule is CCOC(=O)Cn1cc(-c2cnn(CC(=O)OC)c2)nn1. The number of esters is 2. The van der Waals surface area contributed by atoms with Crippen molar-refractivity contribution in [1.29, 1.82) is 0 Å². The van der Waals surface area contributed by atoms with E-state index in [9.17, 15) is 9.59 Å². The van der Waals surface area contributed by atoms with E-state index >= 15 is 0 Å². The molecule has 2 rings (SSSR count). The lowest BCUT2D eigenvalue weighted by atomic mass is 10.3. The molecule has 0 bridgehead atoms. The van der Waals surface area contributed by atoms with E-state index in [1.807, 2.05) is 0 Å². The lowest BCUT2D eigenvalue weighted by Gasteiger charge is -1.99. The van der Waals surface area contributed by atoms with Crippen LogP contribution in [0.3, 0.4) is 0 Å². The summed E-state index contributed by atoms with van der Waals surface area (Å²) in [6.45, 7) is 2.08. The van der Waals surface area contributed by atoms with Crippen molar-refractivity contribution in [2.45, 2.75) is 20.0 Å². The Hall–Kier alpha value is -2.71. The van der Waals surface area contributed by atoms with Crippen LogP contribution in [0.1, 0.15) is 6.92 Å². The lowest BCUT2D eigenvalue weighted by molar-refractivity contribution is -0.144. The van der Waals surface area contributed by atoms with Crippen LogP contribution in [0.15, 0.2) is 18.6 Å². The smallest absolute Gasteiger partial charge is 0.327 e. The van der Waals surface area contributed by atoms with Gasteiger partial charge in [0.1, 0.15) is 18.8 Å². The zero-order valence-corrected chi connectivity index (χ0v) is 11.7. The molecule has 2 heterocycles. The number of ether oxygens (including phenoxy) is 2. The molecule has 0 saturated heterocycles. The summed E-state index contributed by atoms with van der Waals surface area (Å²) in [5.41, 5.74) is 1.24. The molecular weight excluding hydrogens is 278 g/mol. The molecule has 9 nitrogen and oxygen atoms in total. The molecule has 0 atom stereocenters. The van der Waals surface area contributed by atoms with E-state index in [1.54, 1.807) is 25.5 Å². The Morgan fingerprint density at radius 2 is 1.95 bits per heavy atom. The van der Waals surface area contributed by atoms with Gasteiger partial charge in [-0.1, -0.05) is 5.21 Å². The molecule has 2 aromatic heterocycles. The fourth-order valence-electron chi connectivity index (χ4n) is 1.63. The summed E-state index contributed by atoms with van der Waals surface area (Å²) in [5, 5.41) is 11.8. The van der Waals surface area contributed by atoms with Gasteiger partial charge < -0.3 is 9.47 Å². The molecule has 21 heavy (non-hydrogen) atoms. The highest BCUT2D eigenvalue weighted by Gasteiger charge is 2.11. The van der Waals surface area contributed by atoms with Crippen LogP contribution in [0.5, 0.6) is 0 Å². The predicted octanol–water partition coefficient (Wildman–Crippen LogP) is -0.122. The molecule has 9 heteroatoms. The van der Waals surface area contributed by atoms with E-state index in [1.165, 1.54) is 16.5 Å². The van der Waals surface area contributed by atoms with Crippen molar-refractivity contribution in [2.75, 3.05) is 13.7 Å². The number of carbonyl (C=O) groups is 2. The summed E-state index contributed by atoms with van der Waals surface area (Å²) >= 11 is 0. The molecule has 0 N–H and O–H groups in total. The van der Waals surface area contributed by atoms with E-state index in [0.29, 0.717) is 17.9 Å².